The average molecular weight is 418 g/mol. The summed E-state index contributed by atoms with van der Waals surface area (Å²) in [7, 11) is -2.11. The monoisotopic (exact) mass is 417 g/mol. The number of methoxy groups -OCH3 is 1. The summed E-state index contributed by atoms with van der Waals surface area (Å²) in [6.07, 6.45) is 0. The normalized spacial score (nSPS) is 15.8. The van der Waals surface area contributed by atoms with E-state index in [9.17, 15) is 13.2 Å². The first-order valence-corrected chi connectivity index (χ1v) is 11.1. The van der Waals surface area contributed by atoms with Crippen molar-refractivity contribution in [2.24, 2.45) is 0 Å². The fourth-order valence-electron chi connectivity index (χ4n) is 3.40. The maximum absolute atomic E-state index is 12.8. The van der Waals surface area contributed by atoms with Gasteiger partial charge >= 0.3 is 0 Å². The number of ether oxygens (including phenoxy) is 1. The molecule has 1 amide bonds. The number of hydrogen-bond acceptors (Lipinski definition) is 5. The van der Waals surface area contributed by atoms with Gasteiger partial charge in [0.15, 0.2) is 0 Å². The molecule has 0 aromatic heterocycles. The second-order valence-electron chi connectivity index (χ2n) is 7.14. The zero-order chi connectivity index (χ0) is 21.0. The summed E-state index contributed by atoms with van der Waals surface area (Å²) < 4.78 is 33.0. The fourth-order valence-corrected chi connectivity index (χ4v) is 4.60. The fraction of sp³-hybridized carbons (Fsp3) is 0.381. The minimum Gasteiger partial charge on any atom is -0.495 e. The van der Waals surface area contributed by atoms with Crippen molar-refractivity contribution in [1.29, 1.82) is 0 Å². The van der Waals surface area contributed by atoms with Crippen LogP contribution in [0.15, 0.2) is 53.4 Å². The number of carbonyl (C=O) groups is 1. The molecule has 1 saturated heterocycles. The molecule has 3 rings (SSSR count). The van der Waals surface area contributed by atoms with Gasteiger partial charge in [0.1, 0.15) is 5.75 Å². The average Bonchev–Trinajstić information content (AvgIpc) is 2.73. The van der Waals surface area contributed by atoms with Crippen molar-refractivity contribution < 1.29 is 17.9 Å². The van der Waals surface area contributed by atoms with Gasteiger partial charge in [-0.15, -0.1) is 0 Å². The molecule has 29 heavy (non-hydrogen) atoms. The highest BCUT2D eigenvalue weighted by molar-refractivity contribution is 7.89. The highest BCUT2D eigenvalue weighted by atomic mass is 32.2. The first-order valence-electron chi connectivity index (χ1n) is 9.57. The van der Waals surface area contributed by atoms with Crippen molar-refractivity contribution >= 4 is 21.6 Å². The van der Waals surface area contributed by atoms with Crippen molar-refractivity contribution in [2.45, 2.75) is 24.8 Å². The number of hydrogen-bond donors (Lipinski definition) is 1. The molecule has 1 heterocycles. The molecule has 8 heteroatoms. The van der Waals surface area contributed by atoms with E-state index in [2.05, 4.69) is 9.62 Å². The van der Waals surface area contributed by atoms with Crippen molar-refractivity contribution in [3.63, 3.8) is 0 Å². The third-order valence-corrected chi connectivity index (χ3v) is 6.61. The maximum Gasteiger partial charge on any atom is 0.241 e. The summed E-state index contributed by atoms with van der Waals surface area (Å²) in [6, 6.07) is 13.5. The minimum atomic E-state index is -3.75. The van der Waals surface area contributed by atoms with Gasteiger partial charge in [0.05, 0.1) is 23.7 Å². The number of piperazine rings is 1. The standard InChI is InChI=1S/C21H27N3O4S/c1-16-8-10-18(11-9-16)29(26,27)22-17(2)21(25)24-14-12-23(13-15-24)19-6-4-5-7-20(19)28-3/h4-11,17,22H,12-15H2,1-3H3/t17-/m0/s1. The molecule has 1 aliphatic rings. The largest absolute Gasteiger partial charge is 0.495 e. The number of aryl methyl sites for hydroxylation is 1. The smallest absolute Gasteiger partial charge is 0.241 e. The van der Waals surface area contributed by atoms with Gasteiger partial charge in [0.25, 0.3) is 0 Å². The van der Waals surface area contributed by atoms with Gasteiger partial charge in [-0.1, -0.05) is 29.8 Å². The van der Waals surface area contributed by atoms with E-state index in [1.807, 2.05) is 31.2 Å². The van der Waals surface area contributed by atoms with Crippen LogP contribution < -0.4 is 14.4 Å². The van der Waals surface area contributed by atoms with Crippen LogP contribution in [0.3, 0.4) is 0 Å². The first-order chi connectivity index (χ1) is 13.8. The van der Waals surface area contributed by atoms with Gasteiger partial charge in [0.2, 0.25) is 15.9 Å². The van der Waals surface area contributed by atoms with Crippen molar-refractivity contribution in [3.8, 4) is 5.75 Å². The lowest BCUT2D eigenvalue weighted by Crippen LogP contribution is -2.54. The highest BCUT2D eigenvalue weighted by Crippen LogP contribution is 2.28. The first kappa shape index (κ1) is 21.1. The number of rotatable bonds is 6. The Bertz CT molecular complexity index is 952. The van der Waals surface area contributed by atoms with E-state index in [-0.39, 0.29) is 10.8 Å². The van der Waals surface area contributed by atoms with Crippen molar-refractivity contribution in [2.75, 3.05) is 38.2 Å². The molecule has 7 nitrogen and oxygen atoms in total. The third-order valence-electron chi connectivity index (χ3n) is 5.05. The zero-order valence-electron chi connectivity index (χ0n) is 17.0. The molecule has 1 aliphatic heterocycles. The number of sulfonamides is 1. The van der Waals surface area contributed by atoms with E-state index in [1.165, 1.54) is 0 Å². The lowest BCUT2D eigenvalue weighted by Gasteiger charge is -2.37. The Morgan fingerprint density at radius 1 is 1.03 bits per heavy atom. The van der Waals surface area contributed by atoms with Gasteiger partial charge in [-0.3, -0.25) is 4.79 Å². The van der Waals surface area contributed by atoms with Crippen LogP contribution in [-0.2, 0) is 14.8 Å². The minimum absolute atomic E-state index is 0.156. The molecule has 1 atom stereocenters. The van der Waals surface area contributed by atoms with Crippen LogP contribution in [0.4, 0.5) is 5.69 Å². The zero-order valence-corrected chi connectivity index (χ0v) is 17.8. The molecular formula is C21H27N3O4S. The number of carbonyl (C=O) groups excluding carboxylic acids is 1. The summed E-state index contributed by atoms with van der Waals surface area (Å²) in [4.78, 5) is 16.8. The van der Waals surface area contributed by atoms with Crippen LogP contribution in [0.5, 0.6) is 5.75 Å². The summed E-state index contributed by atoms with van der Waals surface area (Å²) >= 11 is 0. The Hall–Kier alpha value is -2.58. The van der Waals surface area contributed by atoms with Crippen LogP contribution in [0.25, 0.3) is 0 Å². The molecule has 0 aliphatic carbocycles. The number of nitrogens with one attached hydrogen (secondary N) is 1. The molecule has 1 N–H and O–H groups in total. The van der Waals surface area contributed by atoms with Gasteiger partial charge in [-0.25, -0.2) is 8.42 Å². The Morgan fingerprint density at radius 3 is 2.28 bits per heavy atom. The summed E-state index contributed by atoms with van der Waals surface area (Å²) in [5, 5.41) is 0. The molecule has 0 bridgehead atoms. The Kier molecular flexibility index (Phi) is 6.44. The second kappa shape index (κ2) is 8.84. The molecule has 0 unspecified atom stereocenters. The van der Waals surface area contributed by atoms with Crippen LogP contribution >= 0.6 is 0 Å². The predicted molar refractivity (Wildman–Crippen MR) is 113 cm³/mol. The lowest BCUT2D eigenvalue weighted by molar-refractivity contribution is -0.132. The molecule has 1 fully saturated rings. The second-order valence-corrected chi connectivity index (χ2v) is 8.85. The predicted octanol–water partition coefficient (Wildman–Crippen LogP) is 2.02. The van der Waals surface area contributed by atoms with E-state index < -0.39 is 16.1 Å². The molecular weight excluding hydrogens is 390 g/mol. The van der Waals surface area contributed by atoms with Crippen LogP contribution in [0.2, 0.25) is 0 Å². The van der Waals surface area contributed by atoms with E-state index in [0.29, 0.717) is 26.2 Å². The van der Waals surface area contributed by atoms with E-state index in [0.717, 1.165) is 17.0 Å². The highest BCUT2D eigenvalue weighted by Gasteiger charge is 2.28. The lowest BCUT2D eigenvalue weighted by atomic mass is 10.2. The van der Waals surface area contributed by atoms with E-state index in [4.69, 9.17) is 4.74 Å². The number of benzene rings is 2. The number of anilines is 1. The number of amides is 1. The Morgan fingerprint density at radius 2 is 1.66 bits per heavy atom. The molecule has 0 spiro atoms. The number of nitrogens with zero attached hydrogens (tertiary/aromatic N) is 2. The number of para-hydroxylation sites is 2. The van der Waals surface area contributed by atoms with Crippen LogP contribution in [0.1, 0.15) is 12.5 Å². The molecule has 2 aromatic carbocycles. The molecule has 2 aromatic rings. The summed E-state index contributed by atoms with van der Waals surface area (Å²) in [5.74, 6) is 0.576. The van der Waals surface area contributed by atoms with Crippen LogP contribution in [-0.4, -0.2) is 58.6 Å². The van der Waals surface area contributed by atoms with Gasteiger partial charge in [0, 0.05) is 26.2 Å². The third kappa shape index (κ3) is 4.89. The van der Waals surface area contributed by atoms with Gasteiger partial charge in [-0.05, 0) is 38.1 Å². The van der Waals surface area contributed by atoms with Crippen molar-refractivity contribution in [3.05, 3.63) is 54.1 Å². The van der Waals surface area contributed by atoms with Gasteiger partial charge < -0.3 is 14.5 Å². The quantitative estimate of drug-likeness (QED) is 0.778. The topological polar surface area (TPSA) is 79.0 Å². The molecule has 156 valence electrons. The Balaban J connectivity index is 1.60. The summed E-state index contributed by atoms with van der Waals surface area (Å²) in [5.41, 5.74) is 1.97. The molecule has 0 saturated carbocycles. The van der Waals surface area contributed by atoms with Crippen LogP contribution in [0, 0.1) is 6.92 Å². The summed E-state index contributed by atoms with van der Waals surface area (Å²) in [6.45, 7) is 5.83. The Labute approximate surface area is 172 Å². The molecule has 0 radical (unpaired) electrons. The maximum atomic E-state index is 12.8. The van der Waals surface area contributed by atoms with Crippen molar-refractivity contribution in [1.82, 2.24) is 9.62 Å². The van der Waals surface area contributed by atoms with Gasteiger partial charge in [-0.2, -0.15) is 4.72 Å². The van der Waals surface area contributed by atoms with E-state index >= 15 is 0 Å². The SMILES string of the molecule is COc1ccccc1N1CCN(C(=O)[C@H](C)NS(=O)(=O)c2ccc(C)cc2)CC1. The van der Waals surface area contributed by atoms with E-state index in [1.54, 1.807) is 43.2 Å².